The predicted molar refractivity (Wildman–Crippen MR) is 66.5 cm³/mol. The Bertz CT molecular complexity index is 367. The minimum atomic E-state index is -0.476. The fourth-order valence-corrected chi connectivity index (χ4v) is 1.21. The summed E-state index contributed by atoms with van der Waals surface area (Å²) in [5, 5.41) is 2.63. The molecule has 1 amide bonds. The molecule has 17 heavy (non-hydrogen) atoms. The van der Waals surface area contributed by atoms with Crippen LogP contribution in [0, 0.1) is 0 Å². The lowest BCUT2D eigenvalue weighted by Gasteiger charge is -2.12. The first-order valence-corrected chi connectivity index (χ1v) is 5.35. The van der Waals surface area contributed by atoms with E-state index in [-0.39, 0.29) is 0 Å². The quantitative estimate of drug-likeness (QED) is 0.850. The molecule has 94 valence electrons. The minimum Gasteiger partial charge on any atom is -0.495 e. The molecule has 0 unspecified atom stereocenters. The van der Waals surface area contributed by atoms with Gasteiger partial charge in [-0.2, -0.15) is 0 Å². The Balaban J connectivity index is 2.45. The van der Waals surface area contributed by atoms with Crippen molar-refractivity contribution in [2.75, 3.05) is 39.7 Å². The molecule has 0 aliphatic rings. The topological polar surface area (TPSA) is 50.8 Å². The van der Waals surface area contributed by atoms with Gasteiger partial charge >= 0.3 is 6.09 Å². The highest BCUT2D eigenvalue weighted by atomic mass is 16.5. The van der Waals surface area contributed by atoms with Gasteiger partial charge in [0.05, 0.1) is 12.8 Å². The van der Waals surface area contributed by atoms with E-state index in [9.17, 15) is 4.79 Å². The van der Waals surface area contributed by atoms with Crippen LogP contribution in [-0.2, 0) is 4.74 Å². The largest absolute Gasteiger partial charge is 0.495 e. The molecule has 0 spiro atoms. The van der Waals surface area contributed by atoms with Crippen molar-refractivity contribution in [3.8, 4) is 5.75 Å². The highest BCUT2D eigenvalue weighted by Gasteiger charge is 2.07. The van der Waals surface area contributed by atoms with Crippen molar-refractivity contribution < 1.29 is 14.3 Å². The number of carbonyl (C=O) groups excluding carboxylic acids is 1. The summed E-state index contributed by atoms with van der Waals surface area (Å²) in [6.07, 6.45) is -0.476. The Morgan fingerprint density at radius 3 is 2.71 bits per heavy atom. The van der Waals surface area contributed by atoms with Gasteiger partial charge in [0.1, 0.15) is 12.4 Å². The fraction of sp³-hybridized carbons (Fsp3) is 0.417. The monoisotopic (exact) mass is 238 g/mol. The molecule has 0 aliphatic heterocycles. The van der Waals surface area contributed by atoms with Gasteiger partial charge in [-0.15, -0.1) is 0 Å². The lowest BCUT2D eigenvalue weighted by molar-refractivity contribution is 0.151. The minimum absolute atomic E-state index is 0.355. The third kappa shape index (κ3) is 4.74. The van der Waals surface area contributed by atoms with E-state index in [2.05, 4.69) is 5.32 Å². The normalized spacial score (nSPS) is 10.1. The SMILES string of the molecule is COc1ccccc1NC(=O)OCCN(C)C. The third-order valence-corrected chi connectivity index (χ3v) is 2.12. The summed E-state index contributed by atoms with van der Waals surface area (Å²) in [6, 6.07) is 7.18. The molecule has 1 aromatic rings. The van der Waals surface area contributed by atoms with E-state index in [1.54, 1.807) is 19.2 Å². The number of amides is 1. The molecule has 0 atom stereocenters. The van der Waals surface area contributed by atoms with Crippen molar-refractivity contribution >= 4 is 11.8 Å². The van der Waals surface area contributed by atoms with Crippen molar-refractivity contribution in [3.63, 3.8) is 0 Å². The summed E-state index contributed by atoms with van der Waals surface area (Å²) in [4.78, 5) is 13.4. The van der Waals surface area contributed by atoms with Gasteiger partial charge in [0.15, 0.2) is 0 Å². The predicted octanol–water partition coefficient (Wildman–Crippen LogP) is 1.81. The molecule has 0 radical (unpaired) electrons. The second-order valence-electron chi connectivity index (χ2n) is 3.76. The second kappa shape index (κ2) is 6.75. The molecular formula is C12H18N2O3. The summed E-state index contributed by atoms with van der Waals surface area (Å²) in [5.74, 6) is 0.608. The van der Waals surface area contributed by atoms with Gasteiger partial charge in [0.25, 0.3) is 0 Å². The molecule has 1 aromatic carbocycles. The molecule has 0 bridgehead atoms. The summed E-state index contributed by atoms with van der Waals surface area (Å²) in [7, 11) is 5.39. The molecular weight excluding hydrogens is 220 g/mol. The van der Waals surface area contributed by atoms with E-state index in [4.69, 9.17) is 9.47 Å². The lowest BCUT2D eigenvalue weighted by atomic mass is 10.3. The van der Waals surface area contributed by atoms with E-state index >= 15 is 0 Å². The smallest absolute Gasteiger partial charge is 0.411 e. The Morgan fingerprint density at radius 2 is 2.06 bits per heavy atom. The number of para-hydroxylation sites is 2. The third-order valence-electron chi connectivity index (χ3n) is 2.12. The Hall–Kier alpha value is -1.75. The number of hydrogen-bond donors (Lipinski definition) is 1. The molecule has 0 saturated carbocycles. The van der Waals surface area contributed by atoms with Gasteiger partial charge in [-0.3, -0.25) is 5.32 Å². The van der Waals surface area contributed by atoms with Crippen LogP contribution in [0.5, 0.6) is 5.75 Å². The molecule has 0 aromatic heterocycles. The number of benzene rings is 1. The average Bonchev–Trinajstić information content (AvgIpc) is 2.29. The number of rotatable bonds is 5. The van der Waals surface area contributed by atoms with Crippen molar-refractivity contribution in [1.29, 1.82) is 0 Å². The van der Waals surface area contributed by atoms with Crippen molar-refractivity contribution in [3.05, 3.63) is 24.3 Å². The molecule has 5 heteroatoms. The molecule has 0 heterocycles. The lowest BCUT2D eigenvalue weighted by Crippen LogP contribution is -2.22. The molecule has 1 rings (SSSR count). The van der Waals surface area contributed by atoms with E-state index in [0.717, 1.165) is 0 Å². The number of nitrogens with zero attached hydrogens (tertiary/aromatic N) is 1. The number of hydrogen-bond acceptors (Lipinski definition) is 4. The summed E-state index contributed by atoms with van der Waals surface area (Å²) < 4.78 is 10.1. The van der Waals surface area contributed by atoms with Crippen molar-refractivity contribution in [2.24, 2.45) is 0 Å². The van der Waals surface area contributed by atoms with Gasteiger partial charge in [0, 0.05) is 6.54 Å². The summed E-state index contributed by atoms with van der Waals surface area (Å²) in [6.45, 7) is 1.05. The van der Waals surface area contributed by atoms with Crippen LogP contribution in [0.2, 0.25) is 0 Å². The van der Waals surface area contributed by atoms with Crippen LogP contribution < -0.4 is 10.1 Å². The van der Waals surface area contributed by atoms with E-state index < -0.39 is 6.09 Å². The first-order valence-electron chi connectivity index (χ1n) is 5.35. The number of ether oxygens (including phenoxy) is 2. The summed E-state index contributed by atoms with van der Waals surface area (Å²) in [5.41, 5.74) is 0.602. The van der Waals surface area contributed by atoms with Gasteiger partial charge in [0.2, 0.25) is 0 Å². The van der Waals surface area contributed by atoms with E-state index in [0.29, 0.717) is 24.6 Å². The standard InChI is InChI=1S/C12H18N2O3/c1-14(2)8-9-17-12(15)13-10-6-4-5-7-11(10)16-3/h4-7H,8-9H2,1-3H3,(H,13,15). The zero-order valence-electron chi connectivity index (χ0n) is 10.4. The number of carbonyl (C=O) groups is 1. The highest BCUT2D eigenvalue weighted by Crippen LogP contribution is 2.22. The van der Waals surface area contributed by atoms with Crippen LogP contribution in [0.3, 0.4) is 0 Å². The van der Waals surface area contributed by atoms with Gasteiger partial charge < -0.3 is 14.4 Å². The fourth-order valence-electron chi connectivity index (χ4n) is 1.21. The van der Waals surface area contributed by atoms with Crippen molar-refractivity contribution in [1.82, 2.24) is 4.90 Å². The van der Waals surface area contributed by atoms with Crippen LogP contribution in [0.25, 0.3) is 0 Å². The van der Waals surface area contributed by atoms with Gasteiger partial charge in [-0.1, -0.05) is 12.1 Å². The maximum Gasteiger partial charge on any atom is 0.411 e. The van der Waals surface area contributed by atoms with Crippen LogP contribution >= 0.6 is 0 Å². The van der Waals surface area contributed by atoms with Crippen LogP contribution in [0.15, 0.2) is 24.3 Å². The zero-order valence-corrected chi connectivity index (χ0v) is 10.4. The van der Waals surface area contributed by atoms with Crippen LogP contribution in [-0.4, -0.2) is 45.3 Å². The Labute approximate surface area is 101 Å². The zero-order chi connectivity index (χ0) is 12.7. The maximum atomic E-state index is 11.5. The number of anilines is 1. The van der Waals surface area contributed by atoms with Gasteiger partial charge in [-0.05, 0) is 26.2 Å². The molecule has 5 nitrogen and oxygen atoms in total. The molecule has 0 saturated heterocycles. The van der Waals surface area contributed by atoms with E-state index in [1.807, 2.05) is 31.1 Å². The second-order valence-corrected chi connectivity index (χ2v) is 3.76. The van der Waals surface area contributed by atoms with Crippen LogP contribution in [0.4, 0.5) is 10.5 Å². The van der Waals surface area contributed by atoms with E-state index in [1.165, 1.54) is 0 Å². The number of likely N-dealkylation sites (N-methyl/N-ethyl adjacent to an activating group) is 1. The van der Waals surface area contributed by atoms with Crippen molar-refractivity contribution in [2.45, 2.75) is 0 Å². The maximum absolute atomic E-state index is 11.5. The number of methoxy groups -OCH3 is 1. The average molecular weight is 238 g/mol. The Kier molecular flexibility index (Phi) is 5.29. The first-order chi connectivity index (χ1) is 8.13. The molecule has 0 fully saturated rings. The van der Waals surface area contributed by atoms with Crippen LogP contribution in [0.1, 0.15) is 0 Å². The summed E-state index contributed by atoms with van der Waals surface area (Å²) >= 11 is 0. The Morgan fingerprint density at radius 1 is 1.35 bits per heavy atom. The number of nitrogens with one attached hydrogen (secondary N) is 1. The molecule has 0 aliphatic carbocycles. The molecule has 1 N–H and O–H groups in total. The van der Waals surface area contributed by atoms with Gasteiger partial charge in [-0.25, -0.2) is 4.79 Å². The highest BCUT2D eigenvalue weighted by molar-refractivity contribution is 5.86. The first kappa shape index (κ1) is 13.3.